The lowest BCUT2D eigenvalue weighted by molar-refractivity contribution is 0.242. The van der Waals surface area contributed by atoms with Crippen molar-refractivity contribution in [3.63, 3.8) is 0 Å². The topological polar surface area (TPSA) is 39.4 Å². The van der Waals surface area contributed by atoms with Crippen LogP contribution in [0.3, 0.4) is 0 Å². The molecular weight excluding hydrogens is 264 g/mol. The molecule has 0 aliphatic carbocycles. The van der Waals surface area contributed by atoms with Crippen molar-refractivity contribution in [3.8, 4) is 5.75 Å². The molecule has 2 rings (SSSR count). The van der Waals surface area contributed by atoms with E-state index in [2.05, 4.69) is 6.92 Å². The molecule has 3 nitrogen and oxygen atoms in total. The van der Waals surface area contributed by atoms with E-state index in [1.165, 1.54) is 6.07 Å². The monoisotopic (exact) mass is 280 g/mol. The van der Waals surface area contributed by atoms with Crippen molar-refractivity contribution in [2.45, 2.75) is 39.7 Å². The highest BCUT2D eigenvalue weighted by molar-refractivity contribution is 6.32. The van der Waals surface area contributed by atoms with Gasteiger partial charge in [-0.3, -0.25) is 0 Å². The first-order valence-corrected chi connectivity index (χ1v) is 6.82. The number of rotatable bonds is 4. The van der Waals surface area contributed by atoms with Crippen LogP contribution in [0.2, 0.25) is 5.02 Å². The maximum atomic E-state index is 11.6. The normalized spacial score (nSPS) is 11.2. The molecule has 0 bridgehead atoms. The molecule has 0 N–H and O–H groups in total. The molecule has 0 radical (unpaired) electrons. The summed E-state index contributed by atoms with van der Waals surface area (Å²) in [7, 11) is 0. The summed E-state index contributed by atoms with van der Waals surface area (Å²) in [6.45, 7) is 5.91. The summed E-state index contributed by atoms with van der Waals surface area (Å²) in [5.74, 6) is 0.543. The second kappa shape index (κ2) is 5.66. The van der Waals surface area contributed by atoms with Gasteiger partial charge >= 0.3 is 5.63 Å². The summed E-state index contributed by atoms with van der Waals surface area (Å²) < 4.78 is 10.8. The molecule has 4 heteroatoms. The number of fused-ring (bicyclic) bond motifs is 1. The third kappa shape index (κ3) is 3.10. The first-order chi connectivity index (χ1) is 9.01. The number of halogens is 1. The van der Waals surface area contributed by atoms with Crippen LogP contribution in [0.5, 0.6) is 5.75 Å². The van der Waals surface area contributed by atoms with E-state index in [9.17, 15) is 4.79 Å². The Balaban J connectivity index is 2.63. The van der Waals surface area contributed by atoms with Gasteiger partial charge < -0.3 is 9.15 Å². The third-order valence-electron chi connectivity index (χ3n) is 2.76. The zero-order chi connectivity index (χ0) is 14.0. The van der Waals surface area contributed by atoms with Crippen LogP contribution in [0.15, 0.2) is 27.4 Å². The molecule has 0 aliphatic heterocycles. The fourth-order valence-electron chi connectivity index (χ4n) is 2.05. The van der Waals surface area contributed by atoms with Crippen LogP contribution in [-0.4, -0.2) is 6.10 Å². The standard InChI is InChI=1S/C15H17ClO3/c1-4-5-10-6-15(17)19-13-8-14(18-9(2)3)12(16)7-11(10)13/h6-9H,4-5H2,1-3H3. The van der Waals surface area contributed by atoms with Gasteiger partial charge in [0, 0.05) is 17.5 Å². The summed E-state index contributed by atoms with van der Waals surface area (Å²) in [6, 6.07) is 5.03. The van der Waals surface area contributed by atoms with E-state index in [1.54, 1.807) is 6.07 Å². The van der Waals surface area contributed by atoms with E-state index in [1.807, 2.05) is 19.9 Å². The Labute approximate surface area is 117 Å². The largest absolute Gasteiger partial charge is 0.489 e. The molecule has 1 aromatic heterocycles. The number of ether oxygens (including phenoxy) is 1. The van der Waals surface area contributed by atoms with E-state index in [4.69, 9.17) is 20.8 Å². The summed E-state index contributed by atoms with van der Waals surface area (Å²) >= 11 is 6.21. The number of benzene rings is 1. The second-order valence-corrected chi connectivity index (χ2v) is 5.19. The maximum absolute atomic E-state index is 11.6. The lowest BCUT2D eigenvalue weighted by Crippen LogP contribution is -2.06. The van der Waals surface area contributed by atoms with Gasteiger partial charge in [-0.25, -0.2) is 4.79 Å². The predicted octanol–water partition coefficient (Wildman–Crippen LogP) is 4.19. The minimum absolute atomic E-state index is 0.0143. The fraction of sp³-hybridized carbons (Fsp3) is 0.400. The molecule has 102 valence electrons. The van der Waals surface area contributed by atoms with Crippen LogP contribution in [0.25, 0.3) is 11.0 Å². The van der Waals surface area contributed by atoms with Crippen LogP contribution < -0.4 is 10.4 Å². The van der Waals surface area contributed by atoms with E-state index >= 15 is 0 Å². The highest BCUT2D eigenvalue weighted by atomic mass is 35.5. The molecule has 0 spiro atoms. The molecule has 0 saturated carbocycles. The molecule has 2 aromatic rings. The minimum Gasteiger partial charge on any atom is -0.489 e. The van der Waals surface area contributed by atoms with Gasteiger partial charge in [0.15, 0.2) is 0 Å². The summed E-state index contributed by atoms with van der Waals surface area (Å²) in [6.07, 6.45) is 1.80. The molecule has 0 fully saturated rings. The van der Waals surface area contributed by atoms with Gasteiger partial charge in [0.1, 0.15) is 11.3 Å². The minimum atomic E-state index is -0.339. The van der Waals surface area contributed by atoms with Crippen molar-refractivity contribution >= 4 is 22.6 Å². The predicted molar refractivity (Wildman–Crippen MR) is 77.3 cm³/mol. The summed E-state index contributed by atoms with van der Waals surface area (Å²) in [5.41, 5.74) is 1.15. The number of hydrogen-bond donors (Lipinski definition) is 0. The van der Waals surface area contributed by atoms with Crippen molar-refractivity contribution in [1.29, 1.82) is 0 Å². The molecule has 0 aliphatic rings. The average Bonchev–Trinajstić information content (AvgIpc) is 2.31. The molecule has 0 unspecified atom stereocenters. The average molecular weight is 281 g/mol. The zero-order valence-electron chi connectivity index (χ0n) is 11.3. The van der Waals surface area contributed by atoms with Crippen molar-refractivity contribution in [2.75, 3.05) is 0 Å². The Morgan fingerprint density at radius 3 is 2.68 bits per heavy atom. The van der Waals surface area contributed by atoms with Gasteiger partial charge in [0.05, 0.1) is 11.1 Å². The SMILES string of the molecule is CCCc1cc(=O)oc2cc(OC(C)C)c(Cl)cc12. The van der Waals surface area contributed by atoms with Gasteiger partial charge in [-0.1, -0.05) is 24.9 Å². The maximum Gasteiger partial charge on any atom is 0.336 e. The molecule has 0 amide bonds. The summed E-state index contributed by atoms with van der Waals surface area (Å²) in [5, 5.41) is 1.41. The summed E-state index contributed by atoms with van der Waals surface area (Å²) in [4.78, 5) is 11.6. The van der Waals surface area contributed by atoms with Crippen molar-refractivity contribution in [2.24, 2.45) is 0 Å². The van der Waals surface area contributed by atoms with Crippen molar-refractivity contribution in [1.82, 2.24) is 0 Å². The number of aryl methyl sites for hydroxylation is 1. The Hall–Kier alpha value is -1.48. The van der Waals surface area contributed by atoms with E-state index in [-0.39, 0.29) is 11.7 Å². The van der Waals surface area contributed by atoms with Crippen LogP contribution >= 0.6 is 11.6 Å². The number of hydrogen-bond acceptors (Lipinski definition) is 3. The highest BCUT2D eigenvalue weighted by Gasteiger charge is 2.11. The molecule has 19 heavy (non-hydrogen) atoms. The van der Waals surface area contributed by atoms with Gasteiger partial charge in [-0.05, 0) is 31.9 Å². The van der Waals surface area contributed by atoms with Gasteiger partial charge in [-0.2, -0.15) is 0 Å². The van der Waals surface area contributed by atoms with E-state index < -0.39 is 0 Å². The first-order valence-electron chi connectivity index (χ1n) is 6.44. The van der Waals surface area contributed by atoms with Crippen LogP contribution in [-0.2, 0) is 6.42 Å². The smallest absolute Gasteiger partial charge is 0.336 e. The quantitative estimate of drug-likeness (QED) is 0.789. The molecule has 1 aromatic carbocycles. The lowest BCUT2D eigenvalue weighted by Gasteiger charge is -2.12. The fourth-order valence-corrected chi connectivity index (χ4v) is 2.26. The Bertz CT molecular complexity index is 644. The first kappa shape index (κ1) is 13.9. The second-order valence-electron chi connectivity index (χ2n) is 4.79. The molecule has 1 heterocycles. The van der Waals surface area contributed by atoms with Gasteiger partial charge in [0.25, 0.3) is 0 Å². The van der Waals surface area contributed by atoms with E-state index in [0.717, 1.165) is 23.8 Å². The van der Waals surface area contributed by atoms with Gasteiger partial charge in [0.2, 0.25) is 0 Å². The van der Waals surface area contributed by atoms with Crippen LogP contribution in [0.4, 0.5) is 0 Å². The molecule has 0 saturated heterocycles. The van der Waals surface area contributed by atoms with Gasteiger partial charge in [-0.15, -0.1) is 0 Å². The zero-order valence-corrected chi connectivity index (χ0v) is 12.1. The highest BCUT2D eigenvalue weighted by Crippen LogP contribution is 2.32. The Kier molecular flexibility index (Phi) is 4.15. The molecule has 0 atom stereocenters. The van der Waals surface area contributed by atoms with Crippen molar-refractivity contribution < 1.29 is 9.15 Å². The van der Waals surface area contributed by atoms with Crippen molar-refractivity contribution in [3.05, 3.63) is 39.2 Å². The third-order valence-corrected chi connectivity index (χ3v) is 3.06. The van der Waals surface area contributed by atoms with Crippen LogP contribution in [0.1, 0.15) is 32.8 Å². The van der Waals surface area contributed by atoms with E-state index in [0.29, 0.717) is 16.4 Å². The Morgan fingerprint density at radius 2 is 2.05 bits per heavy atom. The van der Waals surface area contributed by atoms with Crippen LogP contribution in [0, 0.1) is 0 Å². The lowest BCUT2D eigenvalue weighted by atomic mass is 10.1. The molecular formula is C15H17ClO3. The Morgan fingerprint density at radius 1 is 1.32 bits per heavy atom.